The Hall–Kier alpha value is -1.47. The molecule has 0 aliphatic heterocycles. The van der Waals surface area contributed by atoms with Gasteiger partial charge < -0.3 is 0 Å². The molecule has 0 saturated heterocycles. The monoisotopic (exact) mass is 252 g/mol. The molecule has 92 valence electrons. The number of aryl methyl sites for hydroxylation is 4. The summed E-state index contributed by atoms with van der Waals surface area (Å²) in [4.78, 5) is 0. The Morgan fingerprint density at radius 2 is 0.944 bits per heavy atom. The lowest BCUT2D eigenvalue weighted by atomic mass is 10.1. The summed E-state index contributed by atoms with van der Waals surface area (Å²) in [7, 11) is -0.915. The zero-order chi connectivity index (χ0) is 13.3. The second-order valence-corrected chi connectivity index (χ2v) is 6.97. The maximum absolute atomic E-state index is 4.52. The molecule has 0 aromatic heterocycles. The molecule has 0 saturated carbocycles. The number of hydrogen-bond acceptors (Lipinski definition) is 0. The summed E-state index contributed by atoms with van der Waals surface area (Å²) >= 11 is 0. The summed E-state index contributed by atoms with van der Waals surface area (Å²) in [5.74, 6) is 0. The smallest absolute Gasteiger partial charge is 0.0740 e. The van der Waals surface area contributed by atoms with Crippen LogP contribution in [0.2, 0.25) is 0 Å². The molecular formula is C17H20Si. The molecule has 18 heavy (non-hydrogen) atoms. The molecule has 0 heterocycles. The van der Waals surface area contributed by atoms with Crippen molar-refractivity contribution < 1.29 is 0 Å². The largest absolute Gasteiger partial charge is 0.110 e. The summed E-state index contributed by atoms with van der Waals surface area (Å²) in [6.07, 6.45) is 4.52. The molecule has 0 nitrogen and oxygen atoms in total. The molecule has 0 fully saturated rings. The minimum absolute atomic E-state index is 0.915. The van der Waals surface area contributed by atoms with Crippen LogP contribution in [-0.2, 0) is 0 Å². The first kappa shape index (κ1) is 13.0. The molecule has 2 aromatic rings. The Bertz CT molecular complexity index is 515. The maximum atomic E-state index is 4.52. The van der Waals surface area contributed by atoms with E-state index in [1.165, 1.54) is 32.6 Å². The Morgan fingerprint density at radius 3 is 1.22 bits per heavy atom. The Morgan fingerprint density at radius 1 is 0.667 bits per heavy atom. The Labute approximate surface area is 112 Å². The van der Waals surface area contributed by atoms with Gasteiger partial charge in [-0.2, -0.15) is 0 Å². The standard InChI is InChI=1S/C17H20Si/c1-12-8-6-9-13(2)16(12)18(5)17-14(3)10-7-11-15(17)4/h6-11H,5H2,1-4H3. The van der Waals surface area contributed by atoms with E-state index in [0.717, 1.165) is 0 Å². The minimum Gasteiger partial charge on any atom is -0.110 e. The first-order valence-electron chi connectivity index (χ1n) is 6.34. The fourth-order valence-corrected chi connectivity index (χ4v) is 5.19. The van der Waals surface area contributed by atoms with Crippen LogP contribution in [0.5, 0.6) is 0 Å². The summed E-state index contributed by atoms with van der Waals surface area (Å²) in [6, 6.07) is 13.1. The van der Waals surface area contributed by atoms with Gasteiger partial charge in [0.1, 0.15) is 0 Å². The Balaban J connectivity index is 2.63. The average molecular weight is 252 g/mol. The first-order chi connectivity index (χ1) is 8.52. The highest BCUT2D eigenvalue weighted by atomic mass is 28.2. The van der Waals surface area contributed by atoms with Gasteiger partial charge in [-0.25, -0.2) is 0 Å². The molecule has 0 aliphatic rings. The van der Waals surface area contributed by atoms with Gasteiger partial charge in [0, 0.05) is 0 Å². The van der Waals surface area contributed by atoms with E-state index in [4.69, 9.17) is 0 Å². The third kappa shape index (κ3) is 2.23. The predicted molar refractivity (Wildman–Crippen MR) is 84.0 cm³/mol. The van der Waals surface area contributed by atoms with Crippen LogP contribution < -0.4 is 10.4 Å². The van der Waals surface area contributed by atoms with Crippen LogP contribution in [0.4, 0.5) is 0 Å². The van der Waals surface area contributed by atoms with E-state index >= 15 is 0 Å². The highest BCUT2D eigenvalue weighted by Crippen LogP contribution is 2.04. The van der Waals surface area contributed by atoms with Crippen molar-refractivity contribution in [2.75, 3.05) is 0 Å². The molecule has 0 atom stereocenters. The first-order valence-corrected chi connectivity index (χ1v) is 8.05. The van der Waals surface area contributed by atoms with E-state index in [0.29, 0.717) is 0 Å². The predicted octanol–water partition coefficient (Wildman–Crippen LogP) is 2.54. The molecule has 0 amide bonds. The van der Waals surface area contributed by atoms with E-state index < -0.39 is 8.41 Å². The molecule has 0 bridgehead atoms. The number of benzene rings is 2. The lowest BCUT2D eigenvalue weighted by Crippen LogP contribution is -2.40. The molecular weight excluding hydrogens is 232 g/mol. The van der Waals surface area contributed by atoms with Gasteiger partial charge in [-0.1, -0.05) is 36.4 Å². The third-order valence-corrected chi connectivity index (χ3v) is 6.35. The van der Waals surface area contributed by atoms with E-state index in [2.05, 4.69) is 70.3 Å². The van der Waals surface area contributed by atoms with Crippen LogP contribution in [0.25, 0.3) is 0 Å². The van der Waals surface area contributed by atoms with E-state index in [1.54, 1.807) is 0 Å². The summed E-state index contributed by atoms with van der Waals surface area (Å²) in [5.41, 5.74) is 5.51. The van der Waals surface area contributed by atoms with Crippen molar-refractivity contribution in [3.05, 3.63) is 58.7 Å². The van der Waals surface area contributed by atoms with Gasteiger partial charge in [-0.3, -0.25) is 0 Å². The Kier molecular flexibility index (Phi) is 3.62. The van der Waals surface area contributed by atoms with E-state index in [9.17, 15) is 0 Å². The lowest BCUT2D eigenvalue weighted by molar-refractivity contribution is 1.41. The molecule has 0 N–H and O–H groups in total. The van der Waals surface area contributed by atoms with Gasteiger partial charge in [0.05, 0.1) is 8.41 Å². The maximum Gasteiger partial charge on any atom is 0.0740 e. The van der Waals surface area contributed by atoms with Crippen molar-refractivity contribution >= 4 is 25.0 Å². The van der Waals surface area contributed by atoms with Crippen molar-refractivity contribution in [1.82, 2.24) is 0 Å². The number of hydrogen-bond donors (Lipinski definition) is 0. The van der Waals surface area contributed by atoms with Crippen LogP contribution in [-0.4, -0.2) is 14.6 Å². The van der Waals surface area contributed by atoms with Gasteiger partial charge in [0.15, 0.2) is 0 Å². The molecule has 1 heteroatoms. The molecule has 2 aromatic carbocycles. The second kappa shape index (κ2) is 5.03. The molecule has 0 unspecified atom stereocenters. The van der Waals surface area contributed by atoms with Crippen molar-refractivity contribution in [1.29, 1.82) is 0 Å². The van der Waals surface area contributed by atoms with Gasteiger partial charge in [-0.05, 0) is 60.3 Å². The van der Waals surface area contributed by atoms with Crippen LogP contribution in [0.3, 0.4) is 0 Å². The van der Waals surface area contributed by atoms with Crippen molar-refractivity contribution in [2.45, 2.75) is 27.7 Å². The molecule has 0 radical (unpaired) electrons. The van der Waals surface area contributed by atoms with E-state index in [1.807, 2.05) is 0 Å². The van der Waals surface area contributed by atoms with Gasteiger partial charge in [0.2, 0.25) is 0 Å². The fourth-order valence-electron chi connectivity index (χ4n) is 2.71. The zero-order valence-corrected chi connectivity index (χ0v) is 12.7. The topological polar surface area (TPSA) is 0 Å². The SMILES string of the molecule is C=[Si](c1c(C)cccc1C)c1c(C)cccc1C. The van der Waals surface area contributed by atoms with Crippen molar-refractivity contribution in [3.63, 3.8) is 0 Å². The van der Waals surface area contributed by atoms with Gasteiger partial charge in [0.25, 0.3) is 0 Å². The zero-order valence-electron chi connectivity index (χ0n) is 11.7. The summed E-state index contributed by atoms with van der Waals surface area (Å²) < 4.78 is 0. The van der Waals surface area contributed by atoms with Crippen LogP contribution in [0.15, 0.2) is 36.4 Å². The highest BCUT2D eigenvalue weighted by Gasteiger charge is 2.13. The highest BCUT2D eigenvalue weighted by molar-refractivity contribution is 6.87. The summed E-state index contributed by atoms with van der Waals surface area (Å²) in [6.45, 7) is 8.80. The van der Waals surface area contributed by atoms with Gasteiger partial charge >= 0.3 is 0 Å². The second-order valence-electron chi connectivity index (χ2n) is 5.01. The van der Waals surface area contributed by atoms with Crippen LogP contribution in [0.1, 0.15) is 22.3 Å². The third-order valence-electron chi connectivity index (χ3n) is 3.57. The fraction of sp³-hybridized carbons (Fsp3) is 0.235. The molecule has 0 spiro atoms. The van der Waals surface area contributed by atoms with E-state index in [-0.39, 0.29) is 0 Å². The van der Waals surface area contributed by atoms with Crippen LogP contribution >= 0.6 is 0 Å². The average Bonchev–Trinajstić information content (AvgIpc) is 2.28. The normalized spacial score (nSPS) is 10.4. The van der Waals surface area contributed by atoms with Crippen molar-refractivity contribution in [2.24, 2.45) is 0 Å². The van der Waals surface area contributed by atoms with Crippen LogP contribution in [0, 0.1) is 27.7 Å². The number of rotatable bonds is 2. The summed E-state index contributed by atoms with van der Waals surface area (Å²) in [5, 5.41) is 2.94. The lowest BCUT2D eigenvalue weighted by Gasteiger charge is -2.16. The van der Waals surface area contributed by atoms with Gasteiger partial charge in [-0.15, -0.1) is 6.17 Å². The minimum atomic E-state index is -0.915. The van der Waals surface area contributed by atoms with Crippen molar-refractivity contribution in [3.8, 4) is 0 Å². The molecule has 0 aliphatic carbocycles. The quantitative estimate of drug-likeness (QED) is 0.721. The molecule has 2 rings (SSSR count).